The van der Waals surface area contributed by atoms with Crippen LogP contribution in [0, 0.1) is 5.82 Å². The van der Waals surface area contributed by atoms with E-state index in [1.807, 2.05) is 11.8 Å². The molecule has 0 spiro atoms. The van der Waals surface area contributed by atoms with Gasteiger partial charge in [0.1, 0.15) is 6.61 Å². The smallest absolute Gasteiger partial charge is 0.250 e. The SMILES string of the molecule is CCNC(=NCCOc1ncccc1F)N1CCS(=O)(=O)C(C)(C)C1.I. The minimum Gasteiger partial charge on any atom is -0.474 e. The van der Waals surface area contributed by atoms with E-state index < -0.39 is 20.4 Å². The maximum atomic E-state index is 13.4. The van der Waals surface area contributed by atoms with Gasteiger partial charge in [-0.2, -0.15) is 0 Å². The number of pyridine rings is 1. The second kappa shape index (κ2) is 9.67. The summed E-state index contributed by atoms with van der Waals surface area (Å²) in [6, 6.07) is 2.78. The molecular weight excluding hydrogens is 474 g/mol. The number of nitrogens with zero attached hydrogens (tertiary/aromatic N) is 3. The maximum absolute atomic E-state index is 13.4. The summed E-state index contributed by atoms with van der Waals surface area (Å²) >= 11 is 0. The van der Waals surface area contributed by atoms with Gasteiger partial charge in [0, 0.05) is 25.8 Å². The van der Waals surface area contributed by atoms with Crippen LogP contribution in [0.4, 0.5) is 4.39 Å². The summed E-state index contributed by atoms with van der Waals surface area (Å²) in [4.78, 5) is 10.2. The number of guanidine groups is 1. The van der Waals surface area contributed by atoms with Gasteiger partial charge in [-0.05, 0) is 32.9 Å². The van der Waals surface area contributed by atoms with Gasteiger partial charge in [-0.1, -0.05) is 0 Å². The molecule has 0 bridgehead atoms. The van der Waals surface area contributed by atoms with Crippen molar-refractivity contribution in [2.45, 2.75) is 25.5 Å². The monoisotopic (exact) mass is 500 g/mol. The largest absolute Gasteiger partial charge is 0.474 e. The Labute approximate surface area is 171 Å². The van der Waals surface area contributed by atoms with E-state index in [1.54, 1.807) is 13.8 Å². The lowest BCUT2D eigenvalue weighted by atomic mass is 10.2. The summed E-state index contributed by atoms with van der Waals surface area (Å²) in [6.45, 7) is 7.32. The van der Waals surface area contributed by atoms with Crippen LogP contribution in [0.25, 0.3) is 0 Å². The number of aromatic nitrogens is 1. The zero-order valence-electron chi connectivity index (χ0n) is 15.2. The Morgan fingerprint density at radius 2 is 2.23 bits per heavy atom. The number of hydrogen-bond donors (Lipinski definition) is 1. The maximum Gasteiger partial charge on any atom is 0.250 e. The average molecular weight is 500 g/mol. The molecule has 1 fully saturated rings. The van der Waals surface area contributed by atoms with Crippen LogP contribution in [0.1, 0.15) is 20.8 Å². The lowest BCUT2D eigenvalue weighted by Crippen LogP contribution is -2.57. The first-order chi connectivity index (χ1) is 11.8. The minimum atomic E-state index is -3.11. The molecule has 1 aliphatic heterocycles. The van der Waals surface area contributed by atoms with Gasteiger partial charge < -0.3 is 15.0 Å². The van der Waals surface area contributed by atoms with Crippen molar-refractivity contribution < 1.29 is 17.5 Å². The Balaban J connectivity index is 0.00000338. The molecule has 2 heterocycles. The summed E-state index contributed by atoms with van der Waals surface area (Å²) in [5.41, 5.74) is 0. The quantitative estimate of drug-likeness (QED) is 0.287. The van der Waals surface area contributed by atoms with Gasteiger partial charge in [0.2, 0.25) is 5.88 Å². The van der Waals surface area contributed by atoms with E-state index in [-0.39, 0.29) is 42.2 Å². The second-order valence-corrected chi connectivity index (χ2v) is 9.12. The first kappa shape index (κ1) is 22.9. The van der Waals surface area contributed by atoms with E-state index >= 15 is 0 Å². The predicted molar refractivity (Wildman–Crippen MR) is 111 cm³/mol. The molecule has 26 heavy (non-hydrogen) atoms. The van der Waals surface area contributed by atoms with Gasteiger partial charge in [0.15, 0.2) is 21.6 Å². The fourth-order valence-electron chi connectivity index (χ4n) is 2.52. The minimum absolute atomic E-state index is 0. The molecule has 1 aromatic heterocycles. The molecule has 0 atom stereocenters. The van der Waals surface area contributed by atoms with Gasteiger partial charge in [-0.15, -0.1) is 24.0 Å². The highest BCUT2D eigenvalue weighted by Gasteiger charge is 2.40. The van der Waals surface area contributed by atoms with Crippen LogP contribution in [0.5, 0.6) is 5.88 Å². The van der Waals surface area contributed by atoms with Crippen LogP contribution in [0.3, 0.4) is 0 Å². The standard InChI is InChI=1S/C16H25FN4O3S.HI/c1-4-18-15(21-9-11-25(22,23)16(2,3)12-21)20-8-10-24-14-13(17)6-5-7-19-14;/h5-7H,4,8-12H2,1-3H3,(H,18,20);1H. The molecule has 7 nitrogen and oxygen atoms in total. The molecule has 148 valence electrons. The molecule has 0 saturated carbocycles. The van der Waals surface area contributed by atoms with E-state index in [0.29, 0.717) is 32.1 Å². The number of hydrogen-bond acceptors (Lipinski definition) is 5. The van der Waals surface area contributed by atoms with E-state index in [2.05, 4.69) is 15.3 Å². The van der Waals surface area contributed by atoms with Crippen molar-refractivity contribution in [3.63, 3.8) is 0 Å². The number of nitrogens with one attached hydrogen (secondary N) is 1. The van der Waals surface area contributed by atoms with Gasteiger partial charge in [-0.3, -0.25) is 0 Å². The average Bonchev–Trinajstić information content (AvgIpc) is 2.54. The van der Waals surface area contributed by atoms with Gasteiger partial charge in [0.25, 0.3) is 0 Å². The molecule has 10 heteroatoms. The third-order valence-corrected chi connectivity index (χ3v) is 6.53. The van der Waals surface area contributed by atoms with Gasteiger partial charge in [-0.25, -0.2) is 22.8 Å². The van der Waals surface area contributed by atoms with Crippen molar-refractivity contribution in [2.24, 2.45) is 4.99 Å². The lowest BCUT2D eigenvalue weighted by Gasteiger charge is -2.39. The van der Waals surface area contributed by atoms with Gasteiger partial charge >= 0.3 is 0 Å². The van der Waals surface area contributed by atoms with E-state index in [4.69, 9.17) is 4.74 Å². The topological polar surface area (TPSA) is 83.9 Å². The molecule has 0 unspecified atom stereocenters. The Morgan fingerprint density at radius 1 is 1.50 bits per heavy atom. The molecule has 0 radical (unpaired) electrons. The number of rotatable bonds is 5. The van der Waals surface area contributed by atoms with Gasteiger partial charge in [0.05, 0.1) is 17.0 Å². The lowest BCUT2D eigenvalue weighted by molar-refractivity contribution is 0.296. The number of aliphatic imine (C=N–C) groups is 1. The number of sulfone groups is 1. The number of ether oxygens (including phenoxy) is 1. The Morgan fingerprint density at radius 3 is 2.85 bits per heavy atom. The first-order valence-corrected chi connectivity index (χ1v) is 9.91. The fraction of sp³-hybridized carbons (Fsp3) is 0.625. The molecule has 1 saturated heterocycles. The molecule has 0 aromatic carbocycles. The highest BCUT2D eigenvalue weighted by Crippen LogP contribution is 2.23. The van der Waals surface area contributed by atoms with Crippen molar-refractivity contribution in [3.8, 4) is 5.88 Å². The summed E-state index contributed by atoms with van der Waals surface area (Å²) in [6.07, 6.45) is 1.46. The molecule has 1 aliphatic rings. The van der Waals surface area contributed by atoms with Crippen molar-refractivity contribution >= 4 is 39.8 Å². The summed E-state index contributed by atoms with van der Waals surface area (Å²) in [5, 5.41) is 3.16. The van der Waals surface area contributed by atoms with Crippen molar-refractivity contribution in [3.05, 3.63) is 24.1 Å². The zero-order chi connectivity index (χ0) is 18.5. The van der Waals surface area contributed by atoms with E-state index in [9.17, 15) is 12.8 Å². The number of halogens is 2. The fourth-order valence-corrected chi connectivity index (χ4v) is 3.89. The summed E-state index contributed by atoms with van der Waals surface area (Å²) < 4.78 is 42.2. The Bertz CT molecular complexity index is 728. The highest BCUT2D eigenvalue weighted by atomic mass is 127. The highest BCUT2D eigenvalue weighted by molar-refractivity contribution is 14.0. The third-order valence-electron chi connectivity index (χ3n) is 3.99. The van der Waals surface area contributed by atoms with Crippen LogP contribution < -0.4 is 10.1 Å². The Hall–Kier alpha value is -1.17. The predicted octanol–water partition coefficient (Wildman–Crippen LogP) is 1.69. The van der Waals surface area contributed by atoms with Crippen molar-refractivity contribution in [2.75, 3.05) is 38.5 Å². The van der Waals surface area contributed by atoms with Crippen molar-refractivity contribution in [1.82, 2.24) is 15.2 Å². The summed E-state index contributed by atoms with van der Waals surface area (Å²) in [5.74, 6) is 0.171. The Kier molecular flexibility index (Phi) is 8.51. The molecule has 0 amide bonds. The molecular formula is C16H26FIN4O3S. The van der Waals surface area contributed by atoms with Crippen LogP contribution in [0.15, 0.2) is 23.3 Å². The zero-order valence-corrected chi connectivity index (χ0v) is 18.4. The van der Waals surface area contributed by atoms with Crippen molar-refractivity contribution in [1.29, 1.82) is 0 Å². The molecule has 0 aliphatic carbocycles. The molecule has 2 rings (SSSR count). The molecule has 1 aromatic rings. The third kappa shape index (κ3) is 5.66. The van der Waals surface area contributed by atoms with Crippen LogP contribution in [0.2, 0.25) is 0 Å². The normalized spacial score (nSPS) is 18.8. The van der Waals surface area contributed by atoms with Crippen LogP contribution in [-0.2, 0) is 9.84 Å². The molecule has 1 N–H and O–H groups in total. The first-order valence-electron chi connectivity index (χ1n) is 8.26. The summed E-state index contributed by atoms with van der Waals surface area (Å²) in [7, 11) is -3.11. The van der Waals surface area contributed by atoms with E-state index in [1.165, 1.54) is 18.3 Å². The van der Waals surface area contributed by atoms with E-state index in [0.717, 1.165) is 0 Å². The van der Waals surface area contributed by atoms with Crippen LogP contribution in [-0.4, -0.2) is 67.5 Å². The second-order valence-electron chi connectivity index (χ2n) is 6.37. The van der Waals surface area contributed by atoms with Crippen LogP contribution >= 0.6 is 24.0 Å².